The molecule has 0 aliphatic rings. The Morgan fingerprint density at radius 2 is 1.86 bits per heavy atom. The average molecular weight is 470 g/mol. The van der Waals surface area contributed by atoms with Gasteiger partial charge in [-0.3, -0.25) is 0 Å². The summed E-state index contributed by atoms with van der Waals surface area (Å²) in [5, 5.41) is 9.42. The van der Waals surface area contributed by atoms with E-state index in [1.165, 1.54) is 0 Å². The highest BCUT2D eigenvalue weighted by atomic mass is 127. The first-order valence-electron chi connectivity index (χ1n) is 6.38. The van der Waals surface area contributed by atoms with Gasteiger partial charge in [0.15, 0.2) is 11.5 Å². The SMILES string of the molecule is COc1cc(/C=C(/C#N)c2ccc(I)cc2)cc(Br)c1OC. The Balaban J connectivity index is 2.48. The highest BCUT2D eigenvalue weighted by Crippen LogP contribution is 2.37. The fourth-order valence-corrected chi connectivity index (χ4v) is 2.98. The van der Waals surface area contributed by atoms with Gasteiger partial charge in [0.05, 0.1) is 30.3 Å². The number of ether oxygens (including phenoxy) is 2. The second kappa shape index (κ2) is 7.65. The van der Waals surface area contributed by atoms with E-state index in [0.29, 0.717) is 17.1 Å². The lowest BCUT2D eigenvalue weighted by Crippen LogP contribution is -1.92. The van der Waals surface area contributed by atoms with E-state index >= 15 is 0 Å². The minimum Gasteiger partial charge on any atom is -0.493 e. The molecule has 22 heavy (non-hydrogen) atoms. The number of methoxy groups -OCH3 is 2. The summed E-state index contributed by atoms with van der Waals surface area (Å²) >= 11 is 5.70. The van der Waals surface area contributed by atoms with Crippen molar-refractivity contribution in [3.8, 4) is 17.6 Å². The van der Waals surface area contributed by atoms with Gasteiger partial charge in [-0.15, -0.1) is 0 Å². The van der Waals surface area contributed by atoms with Gasteiger partial charge in [0.1, 0.15) is 0 Å². The second-order valence-electron chi connectivity index (χ2n) is 4.41. The normalized spacial score (nSPS) is 11.0. The van der Waals surface area contributed by atoms with Crippen LogP contribution in [0.25, 0.3) is 11.6 Å². The molecule has 2 aromatic rings. The number of benzene rings is 2. The highest BCUT2D eigenvalue weighted by Gasteiger charge is 2.10. The van der Waals surface area contributed by atoms with Gasteiger partial charge in [-0.2, -0.15) is 5.26 Å². The maximum Gasteiger partial charge on any atom is 0.174 e. The maximum absolute atomic E-state index is 9.42. The first-order chi connectivity index (χ1) is 10.6. The molecular weight excluding hydrogens is 457 g/mol. The number of hydrogen-bond donors (Lipinski definition) is 0. The summed E-state index contributed by atoms with van der Waals surface area (Å²) in [6.45, 7) is 0. The molecule has 0 bridgehead atoms. The van der Waals surface area contributed by atoms with Crippen molar-refractivity contribution in [1.29, 1.82) is 5.26 Å². The van der Waals surface area contributed by atoms with Gasteiger partial charge in [0.25, 0.3) is 0 Å². The van der Waals surface area contributed by atoms with Gasteiger partial charge in [0.2, 0.25) is 0 Å². The monoisotopic (exact) mass is 469 g/mol. The van der Waals surface area contributed by atoms with Crippen LogP contribution in [-0.4, -0.2) is 14.2 Å². The maximum atomic E-state index is 9.42. The van der Waals surface area contributed by atoms with E-state index in [0.717, 1.165) is 19.2 Å². The Hall–Kier alpha value is -1.52. The number of halogens is 2. The van der Waals surface area contributed by atoms with E-state index in [1.807, 2.05) is 42.5 Å². The lowest BCUT2D eigenvalue weighted by Gasteiger charge is -2.10. The highest BCUT2D eigenvalue weighted by molar-refractivity contribution is 14.1. The molecule has 0 saturated heterocycles. The predicted octanol–water partition coefficient (Wildman–Crippen LogP) is 5.14. The number of nitrogens with zero attached hydrogens (tertiary/aromatic N) is 1. The van der Waals surface area contributed by atoms with Crippen molar-refractivity contribution in [3.63, 3.8) is 0 Å². The Morgan fingerprint density at radius 1 is 1.18 bits per heavy atom. The van der Waals surface area contributed by atoms with Gasteiger partial charge in [-0.25, -0.2) is 0 Å². The average Bonchev–Trinajstić information content (AvgIpc) is 2.53. The third-order valence-electron chi connectivity index (χ3n) is 3.04. The number of rotatable bonds is 4. The van der Waals surface area contributed by atoms with Gasteiger partial charge in [-0.1, -0.05) is 12.1 Å². The van der Waals surface area contributed by atoms with Crippen LogP contribution in [0.5, 0.6) is 11.5 Å². The van der Waals surface area contributed by atoms with Crippen LogP contribution >= 0.6 is 38.5 Å². The van der Waals surface area contributed by atoms with E-state index in [4.69, 9.17) is 9.47 Å². The molecule has 0 aliphatic carbocycles. The third-order valence-corrected chi connectivity index (χ3v) is 4.35. The summed E-state index contributed by atoms with van der Waals surface area (Å²) in [5.74, 6) is 1.25. The zero-order chi connectivity index (χ0) is 16.1. The zero-order valence-electron chi connectivity index (χ0n) is 12.1. The molecule has 0 spiro atoms. The summed E-state index contributed by atoms with van der Waals surface area (Å²) in [7, 11) is 3.17. The lowest BCUT2D eigenvalue weighted by molar-refractivity contribution is 0.353. The fraction of sp³-hybridized carbons (Fsp3) is 0.118. The Bertz CT molecular complexity index is 748. The first kappa shape index (κ1) is 16.8. The Labute approximate surface area is 151 Å². The molecule has 0 saturated carbocycles. The predicted molar refractivity (Wildman–Crippen MR) is 99.9 cm³/mol. The van der Waals surface area contributed by atoms with E-state index in [9.17, 15) is 5.26 Å². The van der Waals surface area contributed by atoms with E-state index in [1.54, 1.807) is 14.2 Å². The molecule has 2 rings (SSSR count). The summed E-state index contributed by atoms with van der Waals surface area (Å²) in [6.07, 6.45) is 1.83. The van der Waals surface area contributed by atoms with Crippen LogP contribution < -0.4 is 9.47 Å². The van der Waals surface area contributed by atoms with E-state index < -0.39 is 0 Å². The quantitative estimate of drug-likeness (QED) is 0.354. The van der Waals surface area contributed by atoms with Gasteiger partial charge in [0, 0.05) is 3.57 Å². The van der Waals surface area contributed by atoms with Crippen molar-refractivity contribution in [2.24, 2.45) is 0 Å². The van der Waals surface area contributed by atoms with Gasteiger partial charge < -0.3 is 9.47 Å². The fourth-order valence-electron chi connectivity index (χ4n) is 2.00. The Kier molecular flexibility index (Phi) is 5.86. The molecule has 3 nitrogen and oxygen atoms in total. The molecule has 112 valence electrons. The largest absolute Gasteiger partial charge is 0.493 e. The van der Waals surface area contributed by atoms with Gasteiger partial charge >= 0.3 is 0 Å². The topological polar surface area (TPSA) is 42.2 Å². The smallest absolute Gasteiger partial charge is 0.174 e. The van der Waals surface area contributed by atoms with Crippen LogP contribution in [0, 0.1) is 14.9 Å². The van der Waals surface area contributed by atoms with Crippen molar-refractivity contribution in [2.75, 3.05) is 14.2 Å². The molecule has 0 amide bonds. The Morgan fingerprint density at radius 3 is 2.41 bits per heavy atom. The molecular formula is C17H13BrINO2. The number of allylic oxidation sites excluding steroid dienone is 1. The molecule has 0 radical (unpaired) electrons. The van der Waals surface area contributed by atoms with Crippen LogP contribution in [0.3, 0.4) is 0 Å². The molecule has 0 aromatic heterocycles. The summed E-state index contributed by atoms with van der Waals surface area (Å²) in [4.78, 5) is 0. The summed E-state index contributed by atoms with van der Waals surface area (Å²) in [6, 6.07) is 13.8. The molecule has 0 N–H and O–H groups in total. The molecule has 0 atom stereocenters. The molecule has 0 heterocycles. The number of nitriles is 1. The van der Waals surface area contributed by atoms with Crippen LogP contribution in [0.4, 0.5) is 0 Å². The molecule has 5 heteroatoms. The van der Waals surface area contributed by atoms with Crippen molar-refractivity contribution < 1.29 is 9.47 Å². The van der Waals surface area contributed by atoms with Crippen molar-refractivity contribution in [3.05, 3.63) is 55.6 Å². The molecule has 2 aromatic carbocycles. The minimum absolute atomic E-state index is 0.593. The minimum atomic E-state index is 0.593. The first-order valence-corrected chi connectivity index (χ1v) is 8.25. The van der Waals surface area contributed by atoms with Crippen LogP contribution in [0.1, 0.15) is 11.1 Å². The van der Waals surface area contributed by atoms with E-state index in [-0.39, 0.29) is 0 Å². The summed E-state index contributed by atoms with van der Waals surface area (Å²) in [5.41, 5.74) is 2.34. The third kappa shape index (κ3) is 3.81. The van der Waals surface area contributed by atoms with Crippen molar-refractivity contribution in [2.45, 2.75) is 0 Å². The standard InChI is InChI=1S/C17H13BrINO2/c1-21-16-9-11(8-15(18)17(16)22-2)7-13(10-20)12-3-5-14(19)6-4-12/h3-9H,1-2H3/b13-7-. The van der Waals surface area contributed by atoms with E-state index in [2.05, 4.69) is 44.6 Å². The lowest BCUT2D eigenvalue weighted by atomic mass is 10.0. The van der Waals surface area contributed by atoms with Crippen LogP contribution in [0.2, 0.25) is 0 Å². The zero-order valence-corrected chi connectivity index (χ0v) is 15.8. The summed E-state index contributed by atoms with van der Waals surface area (Å²) < 4.78 is 12.5. The van der Waals surface area contributed by atoms with Crippen LogP contribution in [-0.2, 0) is 0 Å². The van der Waals surface area contributed by atoms with Crippen molar-refractivity contribution in [1.82, 2.24) is 0 Å². The second-order valence-corrected chi connectivity index (χ2v) is 6.51. The van der Waals surface area contributed by atoms with Crippen LogP contribution in [0.15, 0.2) is 40.9 Å². The molecule has 0 fully saturated rings. The van der Waals surface area contributed by atoms with Crippen molar-refractivity contribution >= 4 is 50.2 Å². The molecule has 0 unspecified atom stereocenters. The molecule has 0 aliphatic heterocycles. The number of hydrogen-bond acceptors (Lipinski definition) is 3. The van der Waals surface area contributed by atoms with Gasteiger partial charge in [-0.05, 0) is 80.0 Å².